The van der Waals surface area contributed by atoms with Crippen LogP contribution < -0.4 is 10.1 Å². The second kappa shape index (κ2) is 8.73. The summed E-state index contributed by atoms with van der Waals surface area (Å²) in [5.41, 5.74) is 4.04. The monoisotopic (exact) mass is 448 g/mol. The maximum atomic E-state index is 13.1. The minimum atomic E-state index is -0.147. The van der Waals surface area contributed by atoms with E-state index in [9.17, 15) is 9.59 Å². The average molecular weight is 449 g/mol. The lowest BCUT2D eigenvalue weighted by atomic mass is 10.0. The van der Waals surface area contributed by atoms with Gasteiger partial charge in [0.05, 0.1) is 13.7 Å². The van der Waals surface area contributed by atoms with Crippen LogP contribution in [-0.4, -0.2) is 56.0 Å². The van der Waals surface area contributed by atoms with Crippen LogP contribution in [0, 0.1) is 0 Å². The molecule has 9 heteroatoms. The third-order valence-corrected chi connectivity index (χ3v) is 6.36. The van der Waals surface area contributed by atoms with Gasteiger partial charge in [0, 0.05) is 50.1 Å². The minimum absolute atomic E-state index is 0.0832. The first-order valence-electron chi connectivity index (χ1n) is 11.3. The molecule has 2 aliphatic rings. The van der Waals surface area contributed by atoms with Crippen LogP contribution in [0.25, 0.3) is 0 Å². The van der Waals surface area contributed by atoms with Crippen molar-refractivity contribution in [2.75, 3.05) is 13.7 Å². The van der Waals surface area contributed by atoms with E-state index in [1.165, 1.54) is 5.56 Å². The number of hydrogen-bond acceptors (Lipinski definition) is 5. The van der Waals surface area contributed by atoms with Crippen LogP contribution in [0.1, 0.15) is 50.6 Å². The van der Waals surface area contributed by atoms with Crippen molar-refractivity contribution < 1.29 is 14.3 Å². The van der Waals surface area contributed by atoms with E-state index in [1.807, 2.05) is 28.9 Å². The predicted octanol–water partition coefficient (Wildman–Crippen LogP) is 1.96. The molecule has 1 aliphatic carbocycles. The molecule has 33 heavy (non-hydrogen) atoms. The molecule has 1 fully saturated rings. The Morgan fingerprint density at radius 2 is 1.97 bits per heavy atom. The highest BCUT2D eigenvalue weighted by Gasteiger charge is 2.33. The van der Waals surface area contributed by atoms with E-state index in [0.29, 0.717) is 37.4 Å². The van der Waals surface area contributed by atoms with Gasteiger partial charge in [-0.3, -0.25) is 19.0 Å². The zero-order chi connectivity index (χ0) is 22.9. The molecule has 1 saturated carbocycles. The number of carbonyl (C=O) groups excluding carboxylic acids is 2. The number of amides is 2. The van der Waals surface area contributed by atoms with E-state index >= 15 is 0 Å². The lowest BCUT2D eigenvalue weighted by molar-refractivity contribution is 0.0719. The van der Waals surface area contributed by atoms with Gasteiger partial charge in [-0.2, -0.15) is 10.2 Å². The van der Waals surface area contributed by atoms with E-state index in [4.69, 9.17) is 9.84 Å². The third-order valence-electron chi connectivity index (χ3n) is 6.36. The molecule has 0 unspecified atom stereocenters. The lowest BCUT2D eigenvalue weighted by Gasteiger charge is -2.28. The van der Waals surface area contributed by atoms with Crippen LogP contribution in [0.5, 0.6) is 5.75 Å². The molecule has 1 N–H and O–H groups in total. The summed E-state index contributed by atoms with van der Waals surface area (Å²) in [4.78, 5) is 27.8. The quantitative estimate of drug-likeness (QED) is 0.596. The molecule has 2 amide bonds. The number of ether oxygens (including phenoxy) is 1. The molecule has 5 rings (SSSR count). The van der Waals surface area contributed by atoms with Crippen molar-refractivity contribution in [2.45, 2.75) is 44.8 Å². The Balaban J connectivity index is 1.39. The number of nitrogens with one attached hydrogen (secondary N) is 1. The van der Waals surface area contributed by atoms with Crippen molar-refractivity contribution in [3.8, 4) is 5.75 Å². The Labute approximate surface area is 192 Å². The van der Waals surface area contributed by atoms with E-state index in [0.717, 1.165) is 36.3 Å². The first-order valence-corrected chi connectivity index (χ1v) is 11.3. The Hall–Kier alpha value is -3.62. The summed E-state index contributed by atoms with van der Waals surface area (Å²) in [5.74, 6) is 0.597. The summed E-state index contributed by atoms with van der Waals surface area (Å²) in [6.45, 7) is 1.62. The zero-order valence-corrected chi connectivity index (χ0v) is 19.0. The van der Waals surface area contributed by atoms with Gasteiger partial charge in [-0.25, -0.2) is 0 Å². The van der Waals surface area contributed by atoms with E-state index in [-0.39, 0.29) is 17.9 Å². The molecule has 1 aliphatic heterocycles. The Kier molecular flexibility index (Phi) is 5.62. The van der Waals surface area contributed by atoms with Crippen molar-refractivity contribution >= 4 is 11.8 Å². The van der Waals surface area contributed by atoms with E-state index < -0.39 is 0 Å². The fourth-order valence-corrected chi connectivity index (χ4v) is 4.29. The van der Waals surface area contributed by atoms with Crippen LogP contribution in [-0.2, 0) is 33.0 Å². The van der Waals surface area contributed by atoms with Crippen LogP contribution in [0.15, 0.2) is 36.5 Å². The number of hydrogen-bond donors (Lipinski definition) is 1. The van der Waals surface area contributed by atoms with Crippen molar-refractivity contribution in [3.63, 3.8) is 0 Å². The number of nitrogens with zero attached hydrogens (tertiary/aromatic N) is 5. The first kappa shape index (κ1) is 21.2. The van der Waals surface area contributed by atoms with Gasteiger partial charge in [-0.05, 0) is 43.0 Å². The Morgan fingerprint density at radius 3 is 2.64 bits per heavy atom. The fourth-order valence-electron chi connectivity index (χ4n) is 4.29. The molecule has 3 heterocycles. The molecular weight excluding hydrogens is 420 g/mol. The number of fused-ring (bicyclic) bond motifs is 1. The smallest absolute Gasteiger partial charge is 0.272 e. The van der Waals surface area contributed by atoms with Gasteiger partial charge >= 0.3 is 0 Å². The molecule has 9 nitrogen and oxygen atoms in total. The molecule has 3 aromatic rings. The normalized spacial score (nSPS) is 15.3. The van der Waals surface area contributed by atoms with Crippen molar-refractivity contribution in [2.24, 2.45) is 7.05 Å². The number of methoxy groups -OCH3 is 1. The van der Waals surface area contributed by atoms with Crippen LogP contribution >= 0.6 is 0 Å². The number of benzene rings is 1. The van der Waals surface area contributed by atoms with Crippen molar-refractivity contribution in [1.82, 2.24) is 29.8 Å². The second-order valence-corrected chi connectivity index (χ2v) is 8.66. The summed E-state index contributed by atoms with van der Waals surface area (Å²) >= 11 is 0. The van der Waals surface area contributed by atoms with Gasteiger partial charge in [0.15, 0.2) is 5.69 Å². The topological polar surface area (TPSA) is 94.3 Å². The number of rotatable bonds is 7. The average Bonchev–Trinajstić information content (AvgIpc) is 3.42. The molecule has 0 saturated heterocycles. The second-order valence-electron chi connectivity index (χ2n) is 8.66. The van der Waals surface area contributed by atoms with Gasteiger partial charge in [0.2, 0.25) is 0 Å². The summed E-state index contributed by atoms with van der Waals surface area (Å²) in [6, 6.07) is 9.95. The van der Waals surface area contributed by atoms with Crippen molar-refractivity contribution in [3.05, 3.63) is 64.7 Å². The highest BCUT2D eigenvalue weighted by atomic mass is 16.5. The molecular formula is C24H28N6O3. The molecule has 0 bridgehead atoms. The standard InChI is InChI=1S/C24H28N6O3/c1-28-21(9-12-25-28)24(32)29-13-11-20-19(15-29)22(23(31)26-17-5-6-17)27-30(20)14-10-16-3-7-18(33-2)8-4-16/h3-4,7-9,12,17H,5-6,10-11,13-15H2,1-2H3,(H,26,31). The van der Waals surface area contributed by atoms with Gasteiger partial charge in [0.1, 0.15) is 11.4 Å². The highest BCUT2D eigenvalue weighted by Crippen LogP contribution is 2.26. The van der Waals surface area contributed by atoms with Gasteiger partial charge in [-0.15, -0.1) is 0 Å². The van der Waals surface area contributed by atoms with E-state index in [2.05, 4.69) is 10.4 Å². The predicted molar refractivity (Wildman–Crippen MR) is 121 cm³/mol. The van der Waals surface area contributed by atoms with Crippen LogP contribution in [0.2, 0.25) is 0 Å². The summed E-state index contributed by atoms with van der Waals surface area (Å²) in [7, 11) is 3.41. The molecule has 172 valence electrons. The molecule has 0 radical (unpaired) electrons. The van der Waals surface area contributed by atoms with Crippen molar-refractivity contribution in [1.29, 1.82) is 0 Å². The largest absolute Gasteiger partial charge is 0.497 e. The lowest BCUT2D eigenvalue weighted by Crippen LogP contribution is -2.38. The maximum absolute atomic E-state index is 13.1. The zero-order valence-electron chi connectivity index (χ0n) is 19.0. The van der Waals surface area contributed by atoms with Gasteiger partial charge in [0.25, 0.3) is 11.8 Å². The third kappa shape index (κ3) is 4.35. The summed E-state index contributed by atoms with van der Waals surface area (Å²) in [6.07, 6.45) is 5.09. The number of carbonyl (C=O) groups is 2. The Morgan fingerprint density at radius 1 is 1.18 bits per heavy atom. The Bertz CT molecular complexity index is 1180. The molecule has 0 atom stereocenters. The SMILES string of the molecule is COc1ccc(CCn2nc(C(=O)NC3CC3)c3c2CCN(C(=O)c2ccnn2C)C3)cc1. The highest BCUT2D eigenvalue weighted by molar-refractivity contribution is 5.95. The van der Waals surface area contributed by atoms with E-state index in [1.54, 1.807) is 36.0 Å². The van der Waals surface area contributed by atoms with Gasteiger partial charge in [-0.1, -0.05) is 12.1 Å². The molecule has 2 aromatic heterocycles. The van der Waals surface area contributed by atoms with Crippen LogP contribution in [0.3, 0.4) is 0 Å². The summed E-state index contributed by atoms with van der Waals surface area (Å²) in [5, 5.41) is 11.9. The fraction of sp³-hybridized carbons (Fsp3) is 0.417. The maximum Gasteiger partial charge on any atom is 0.272 e. The minimum Gasteiger partial charge on any atom is -0.497 e. The first-order chi connectivity index (χ1) is 16.0. The summed E-state index contributed by atoms with van der Waals surface area (Å²) < 4.78 is 8.77. The molecule has 1 aromatic carbocycles. The van der Waals surface area contributed by atoms with Gasteiger partial charge < -0.3 is 15.0 Å². The van der Waals surface area contributed by atoms with Crippen LogP contribution in [0.4, 0.5) is 0 Å². The molecule has 0 spiro atoms. The number of aromatic nitrogens is 4. The number of aryl methyl sites for hydroxylation is 3.